The van der Waals surface area contributed by atoms with Crippen LogP contribution in [0.15, 0.2) is 27.1 Å². The fourth-order valence-electron chi connectivity index (χ4n) is 3.71. The molecule has 2 unspecified atom stereocenters. The van der Waals surface area contributed by atoms with E-state index in [4.69, 9.17) is 0 Å². The molecular weight excluding hydrogens is 396 g/mol. The highest BCUT2D eigenvalue weighted by molar-refractivity contribution is 7.10. The van der Waals surface area contributed by atoms with Crippen molar-refractivity contribution in [2.45, 2.75) is 19.0 Å². The van der Waals surface area contributed by atoms with Crippen molar-refractivity contribution in [3.8, 4) is 0 Å². The number of nitrogens with zero attached hydrogens (tertiary/aromatic N) is 4. The average Bonchev–Trinajstić information content (AvgIpc) is 3.43. The quantitative estimate of drug-likeness (QED) is 0.613. The Balaban J connectivity index is 1.56. The summed E-state index contributed by atoms with van der Waals surface area (Å²) in [6.07, 6.45) is 0.139. The Morgan fingerprint density at radius 3 is 2.72 bits per heavy atom. The third-order valence-corrected chi connectivity index (χ3v) is 6.27. The lowest BCUT2D eigenvalue weighted by atomic mass is 9.98. The van der Waals surface area contributed by atoms with Gasteiger partial charge >= 0.3 is 5.69 Å². The van der Waals surface area contributed by atoms with Crippen LogP contribution >= 0.6 is 11.3 Å². The maximum absolute atomic E-state index is 12.8. The van der Waals surface area contributed by atoms with Gasteiger partial charge in [0.1, 0.15) is 11.3 Å². The van der Waals surface area contributed by atoms with E-state index in [2.05, 4.69) is 15.3 Å². The number of amides is 2. The predicted octanol–water partition coefficient (Wildman–Crippen LogP) is -0.142. The molecule has 4 heterocycles. The van der Waals surface area contributed by atoms with E-state index in [1.807, 2.05) is 17.5 Å². The van der Waals surface area contributed by atoms with Gasteiger partial charge in [0.25, 0.3) is 5.56 Å². The van der Waals surface area contributed by atoms with Gasteiger partial charge in [-0.15, -0.1) is 11.3 Å². The normalized spacial score (nSPS) is 19.3. The highest BCUT2D eigenvalue weighted by atomic mass is 32.1. The molecule has 2 amide bonds. The van der Waals surface area contributed by atoms with Gasteiger partial charge in [0.2, 0.25) is 11.8 Å². The summed E-state index contributed by atoms with van der Waals surface area (Å²) in [6.45, 7) is 0.0520. The monoisotopic (exact) mass is 416 g/mol. The number of aromatic amines is 1. The van der Waals surface area contributed by atoms with Crippen LogP contribution in [0.25, 0.3) is 11.2 Å². The van der Waals surface area contributed by atoms with Crippen molar-refractivity contribution in [3.63, 3.8) is 0 Å². The summed E-state index contributed by atoms with van der Waals surface area (Å²) < 4.78 is 2.27. The number of hydrogen-bond acceptors (Lipinski definition) is 6. The first kappa shape index (κ1) is 19.1. The van der Waals surface area contributed by atoms with E-state index >= 15 is 0 Å². The van der Waals surface area contributed by atoms with Crippen LogP contribution in [0.1, 0.15) is 23.2 Å². The van der Waals surface area contributed by atoms with Crippen LogP contribution in [0.3, 0.4) is 0 Å². The first-order valence-corrected chi connectivity index (χ1v) is 9.89. The molecule has 4 rings (SSSR count). The lowest BCUT2D eigenvalue weighted by Crippen LogP contribution is -2.36. The standard InChI is InChI=1S/C18H20N6O4S/c1-22-12(25)7-9(14(22)10-5-4-6-29-10)16(26)19-8-11-20-13-15(21-11)23(2)18(28)24(3)17(13)27/h4-6,9,14H,7-8H2,1-3H3,(H,19,26)(H,20,21). The van der Waals surface area contributed by atoms with E-state index in [0.717, 1.165) is 9.44 Å². The van der Waals surface area contributed by atoms with Gasteiger partial charge in [0.05, 0.1) is 18.5 Å². The Kier molecular flexibility index (Phi) is 4.61. The van der Waals surface area contributed by atoms with Gasteiger partial charge in [-0.05, 0) is 11.4 Å². The van der Waals surface area contributed by atoms with Crippen molar-refractivity contribution in [1.82, 2.24) is 29.3 Å². The zero-order valence-corrected chi connectivity index (χ0v) is 16.9. The fourth-order valence-corrected chi connectivity index (χ4v) is 4.65. The van der Waals surface area contributed by atoms with Crippen LogP contribution in [0, 0.1) is 5.92 Å². The molecule has 3 aromatic heterocycles. The molecule has 1 fully saturated rings. The van der Waals surface area contributed by atoms with Crippen LogP contribution in [-0.4, -0.2) is 42.9 Å². The van der Waals surface area contributed by atoms with Crippen molar-refractivity contribution in [3.05, 3.63) is 49.1 Å². The van der Waals surface area contributed by atoms with E-state index < -0.39 is 17.2 Å². The van der Waals surface area contributed by atoms with Crippen molar-refractivity contribution < 1.29 is 9.59 Å². The van der Waals surface area contributed by atoms with Crippen LogP contribution < -0.4 is 16.6 Å². The first-order chi connectivity index (χ1) is 13.8. The van der Waals surface area contributed by atoms with Crippen molar-refractivity contribution in [2.75, 3.05) is 7.05 Å². The molecule has 1 aliphatic heterocycles. The van der Waals surface area contributed by atoms with Gasteiger partial charge in [-0.25, -0.2) is 9.78 Å². The lowest BCUT2D eigenvalue weighted by molar-refractivity contribution is -0.128. The van der Waals surface area contributed by atoms with E-state index in [9.17, 15) is 19.2 Å². The number of rotatable bonds is 4. The predicted molar refractivity (Wildman–Crippen MR) is 106 cm³/mol. The molecule has 29 heavy (non-hydrogen) atoms. The summed E-state index contributed by atoms with van der Waals surface area (Å²) >= 11 is 1.51. The summed E-state index contributed by atoms with van der Waals surface area (Å²) in [5.41, 5.74) is -0.523. The second-order valence-corrected chi connectivity index (χ2v) is 8.06. The number of nitrogens with one attached hydrogen (secondary N) is 2. The molecule has 3 aromatic rings. The molecule has 11 heteroatoms. The molecule has 0 aliphatic carbocycles. The van der Waals surface area contributed by atoms with Crippen LogP contribution in [0.4, 0.5) is 0 Å². The molecule has 0 radical (unpaired) electrons. The van der Waals surface area contributed by atoms with Crippen LogP contribution in [0.5, 0.6) is 0 Å². The number of likely N-dealkylation sites (tertiary alicyclic amines) is 1. The minimum Gasteiger partial charge on any atom is -0.349 e. The third kappa shape index (κ3) is 3.07. The Hall–Kier alpha value is -3.21. The molecular formula is C18H20N6O4S. The summed E-state index contributed by atoms with van der Waals surface area (Å²) in [7, 11) is 4.62. The minimum absolute atomic E-state index is 0.0520. The van der Waals surface area contributed by atoms with E-state index in [0.29, 0.717) is 5.82 Å². The Morgan fingerprint density at radius 1 is 1.28 bits per heavy atom. The number of aromatic nitrogens is 4. The van der Waals surface area contributed by atoms with Gasteiger partial charge in [0, 0.05) is 32.4 Å². The molecule has 152 valence electrons. The maximum Gasteiger partial charge on any atom is 0.332 e. The van der Waals surface area contributed by atoms with Crippen molar-refractivity contribution in [1.29, 1.82) is 0 Å². The van der Waals surface area contributed by atoms with Gasteiger partial charge < -0.3 is 15.2 Å². The molecule has 0 saturated carbocycles. The number of carbonyl (C=O) groups excluding carboxylic acids is 2. The average molecular weight is 416 g/mol. The second kappa shape index (κ2) is 6.99. The van der Waals surface area contributed by atoms with Gasteiger partial charge in [0.15, 0.2) is 5.65 Å². The number of carbonyl (C=O) groups is 2. The van der Waals surface area contributed by atoms with Crippen molar-refractivity contribution >= 4 is 34.3 Å². The topological polar surface area (TPSA) is 122 Å². The number of fused-ring (bicyclic) bond motifs is 1. The second-order valence-electron chi connectivity index (χ2n) is 7.08. The molecule has 1 saturated heterocycles. The van der Waals surface area contributed by atoms with Crippen LogP contribution in [-0.2, 0) is 30.2 Å². The number of H-pyrrole nitrogens is 1. The zero-order chi connectivity index (χ0) is 20.9. The summed E-state index contributed by atoms with van der Waals surface area (Å²) in [4.78, 5) is 59.0. The van der Waals surface area contributed by atoms with E-state index in [1.54, 1.807) is 11.9 Å². The first-order valence-electron chi connectivity index (χ1n) is 9.01. The molecule has 0 aromatic carbocycles. The maximum atomic E-state index is 12.8. The molecule has 10 nitrogen and oxygen atoms in total. The summed E-state index contributed by atoms with van der Waals surface area (Å²) in [6, 6.07) is 3.51. The number of aryl methyl sites for hydroxylation is 1. The summed E-state index contributed by atoms with van der Waals surface area (Å²) in [5.74, 6) is -0.487. The molecule has 0 bridgehead atoms. The SMILES string of the molecule is CN1C(=O)CC(C(=O)NCc2nc3c([nH]2)c(=O)n(C)c(=O)n3C)C1c1cccs1. The lowest BCUT2D eigenvalue weighted by Gasteiger charge is -2.23. The van der Waals surface area contributed by atoms with Gasteiger partial charge in [-0.3, -0.25) is 23.5 Å². The smallest absolute Gasteiger partial charge is 0.332 e. The fraction of sp³-hybridized carbons (Fsp3) is 0.389. The van der Waals surface area contributed by atoms with E-state index in [-0.39, 0.29) is 42.0 Å². The molecule has 1 aliphatic rings. The Morgan fingerprint density at radius 2 is 2.03 bits per heavy atom. The Bertz CT molecular complexity index is 1220. The summed E-state index contributed by atoms with van der Waals surface area (Å²) in [5, 5.41) is 4.72. The van der Waals surface area contributed by atoms with Crippen molar-refractivity contribution in [2.24, 2.45) is 20.0 Å². The number of imidazole rings is 1. The Labute approximate surface area is 168 Å². The molecule has 2 N–H and O–H groups in total. The zero-order valence-electron chi connectivity index (χ0n) is 16.1. The van der Waals surface area contributed by atoms with Gasteiger partial charge in [-0.1, -0.05) is 6.07 Å². The van der Waals surface area contributed by atoms with E-state index in [1.165, 1.54) is 30.0 Å². The minimum atomic E-state index is -0.507. The number of thiophene rings is 1. The highest BCUT2D eigenvalue weighted by Gasteiger charge is 2.43. The third-order valence-electron chi connectivity index (χ3n) is 5.33. The largest absolute Gasteiger partial charge is 0.349 e. The molecule has 2 atom stereocenters. The van der Waals surface area contributed by atoms with Crippen LogP contribution in [0.2, 0.25) is 0 Å². The van der Waals surface area contributed by atoms with Gasteiger partial charge in [-0.2, -0.15) is 0 Å². The molecule has 0 spiro atoms. The number of hydrogen-bond donors (Lipinski definition) is 2. The highest BCUT2D eigenvalue weighted by Crippen LogP contribution is 2.39.